The molecular weight excluding hydrogens is 225 g/mol. The first-order valence-electron chi connectivity index (χ1n) is 3.22. The van der Waals surface area contributed by atoms with Crippen LogP contribution < -0.4 is 0 Å². The van der Waals surface area contributed by atoms with E-state index >= 15 is 0 Å². The first kappa shape index (κ1) is 10.7. The van der Waals surface area contributed by atoms with Crippen LogP contribution in [0.5, 0.6) is 0 Å². The van der Waals surface area contributed by atoms with Crippen LogP contribution >= 0.6 is 11.6 Å². The van der Waals surface area contributed by atoms with Gasteiger partial charge in [-0.15, -0.1) is 0 Å². The van der Waals surface area contributed by atoms with E-state index in [1.54, 1.807) is 0 Å². The Bertz CT molecular complexity index is 386. The van der Waals surface area contributed by atoms with Crippen molar-refractivity contribution in [2.45, 2.75) is 6.43 Å². The maximum Gasteiger partial charge on any atom is 0.366 e. The van der Waals surface area contributed by atoms with E-state index in [1.165, 1.54) is 0 Å². The van der Waals surface area contributed by atoms with E-state index in [4.69, 9.17) is 11.6 Å². The van der Waals surface area contributed by atoms with Crippen LogP contribution in [0, 0.1) is 15.9 Å². The lowest BCUT2D eigenvalue weighted by molar-refractivity contribution is -0.389. The van der Waals surface area contributed by atoms with Gasteiger partial charge >= 0.3 is 12.2 Å². The fraction of sp³-hybridized carbons (Fsp3) is 0.167. The molecule has 0 saturated carbocycles. The summed E-state index contributed by atoms with van der Waals surface area (Å²) in [7, 11) is 0. The average Bonchev–Trinajstić information content (AvgIpc) is 2.08. The molecule has 0 aliphatic rings. The highest BCUT2D eigenvalue weighted by Crippen LogP contribution is 2.29. The van der Waals surface area contributed by atoms with Crippen LogP contribution in [-0.2, 0) is 0 Å². The normalized spacial score (nSPS) is 10.6. The van der Waals surface area contributed by atoms with Crippen molar-refractivity contribution in [3.05, 3.63) is 32.7 Å². The predicted octanol–water partition coefficient (Wildman–Crippen LogP) is 2.72. The number of hydrogen-bond donors (Lipinski definition) is 0. The van der Waals surface area contributed by atoms with Crippen molar-refractivity contribution >= 4 is 17.4 Å². The van der Waals surface area contributed by atoms with E-state index < -0.39 is 33.7 Å². The molecule has 0 radical (unpaired) electrons. The van der Waals surface area contributed by atoms with E-state index in [0.717, 1.165) is 0 Å². The molecule has 0 fully saturated rings. The second-order valence-corrected chi connectivity index (χ2v) is 2.60. The predicted molar refractivity (Wildman–Crippen MR) is 40.8 cm³/mol. The third-order valence-electron chi connectivity index (χ3n) is 1.32. The van der Waals surface area contributed by atoms with Crippen molar-refractivity contribution in [2.24, 2.45) is 0 Å². The monoisotopic (exact) mass is 226 g/mol. The van der Waals surface area contributed by atoms with Crippen LogP contribution in [0.2, 0.25) is 5.02 Å². The van der Waals surface area contributed by atoms with E-state index in [-0.39, 0.29) is 0 Å². The van der Waals surface area contributed by atoms with Crippen LogP contribution in [0.25, 0.3) is 0 Å². The van der Waals surface area contributed by atoms with Gasteiger partial charge in [0.1, 0.15) is 5.02 Å². The number of alkyl halides is 2. The van der Waals surface area contributed by atoms with Gasteiger partial charge in [0.25, 0.3) is 0 Å². The van der Waals surface area contributed by atoms with Crippen molar-refractivity contribution in [3.63, 3.8) is 0 Å². The third kappa shape index (κ3) is 1.92. The molecule has 0 atom stereocenters. The Morgan fingerprint density at radius 2 is 2.14 bits per heavy atom. The van der Waals surface area contributed by atoms with Crippen LogP contribution in [0.4, 0.5) is 19.0 Å². The summed E-state index contributed by atoms with van der Waals surface area (Å²) < 4.78 is 37.0. The smallest absolute Gasteiger partial charge is 0.358 e. The van der Waals surface area contributed by atoms with Crippen molar-refractivity contribution in [2.75, 3.05) is 0 Å². The first-order chi connectivity index (χ1) is 6.43. The summed E-state index contributed by atoms with van der Waals surface area (Å²) in [4.78, 5) is 12.0. The molecular formula is C6H2ClF3N2O2. The quantitative estimate of drug-likeness (QED) is 0.575. The summed E-state index contributed by atoms with van der Waals surface area (Å²) in [6, 6.07) is 0.383. The molecule has 0 saturated heterocycles. The highest BCUT2D eigenvalue weighted by atomic mass is 35.5. The largest absolute Gasteiger partial charge is 0.366 e. The van der Waals surface area contributed by atoms with Crippen LogP contribution in [0.3, 0.4) is 0 Å². The summed E-state index contributed by atoms with van der Waals surface area (Å²) >= 11 is 5.12. The average molecular weight is 227 g/mol. The highest BCUT2D eigenvalue weighted by Gasteiger charge is 2.26. The van der Waals surface area contributed by atoms with Gasteiger partial charge in [0.2, 0.25) is 5.69 Å². The summed E-state index contributed by atoms with van der Waals surface area (Å²) in [5.41, 5.74) is -1.13. The maximum absolute atomic E-state index is 12.8. The number of aromatic nitrogens is 1. The molecule has 76 valence electrons. The van der Waals surface area contributed by atoms with Gasteiger partial charge in [-0.2, -0.15) is 0 Å². The number of rotatable bonds is 2. The number of nitrogens with zero attached hydrogens (tertiary/aromatic N) is 2. The summed E-state index contributed by atoms with van der Waals surface area (Å²) in [5.74, 6) is -2.29. The van der Waals surface area contributed by atoms with Crippen LogP contribution in [0.15, 0.2) is 6.07 Å². The van der Waals surface area contributed by atoms with E-state index in [9.17, 15) is 23.3 Å². The molecule has 1 aromatic rings. The molecule has 4 nitrogen and oxygen atoms in total. The maximum atomic E-state index is 12.8. The number of pyridine rings is 1. The second-order valence-electron chi connectivity index (χ2n) is 2.22. The number of halogens is 4. The molecule has 0 N–H and O–H groups in total. The molecule has 0 aromatic carbocycles. The molecule has 0 unspecified atom stereocenters. The standard InChI is InChI=1S/C6H2ClF3N2O2/c7-4-2(8)1-3(12(13)14)11-5(4)6(9)10/h1,6H. The molecule has 1 heterocycles. The molecule has 1 rings (SSSR count). The van der Waals surface area contributed by atoms with Crippen LogP contribution in [-0.4, -0.2) is 9.91 Å². The van der Waals surface area contributed by atoms with Gasteiger partial charge in [0.05, 0.1) is 6.07 Å². The Kier molecular flexibility index (Phi) is 2.90. The van der Waals surface area contributed by atoms with Gasteiger partial charge < -0.3 is 10.1 Å². The van der Waals surface area contributed by atoms with Gasteiger partial charge in [-0.05, 0) is 9.91 Å². The SMILES string of the molecule is O=[N+]([O-])c1cc(F)c(Cl)c(C(F)F)n1. The zero-order valence-electron chi connectivity index (χ0n) is 6.38. The Morgan fingerprint density at radius 1 is 1.57 bits per heavy atom. The lowest BCUT2D eigenvalue weighted by atomic mass is 10.3. The second kappa shape index (κ2) is 3.79. The Morgan fingerprint density at radius 3 is 2.57 bits per heavy atom. The minimum atomic E-state index is -3.16. The fourth-order valence-corrected chi connectivity index (χ4v) is 0.921. The molecule has 0 spiro atoms. The third-order valence-corrected chi connectivity index (χ3v) is 1.69. The summed E-state index contributed by atoms with van der Waals surface area (Å²) in [5, 5.41) is 9.23. The van der Waals surface area contributed by atoms with E-state index in [1.807, 2.05) is 0 Å². The van der Waals surface area contributed by atoms with E-state index in [0.29, 0.717) is 6.07 Å². The van der Waals surface area contributed by atoms with Crippen molar-refractivity contribution in [3.8, 4) is 0 Å². The summed E-state index contributed by atoms with van der Waals surface area (Å²) in [6.45, 7) is 0. The zero-order valence-corrected chi connectivity index (χ0v) is 7.13. The van der Waals surface area contributed by atoms with Crippen molar-refractivity contribution in [1.82, 2.24) is 4.98 Å². The fourth-order valence-electron chi connectivity index (χ4n) is 0.742. The highest BCUT2D eigenvalue weighted by molar-refractivity contribution is 6.31. The lowest BCUT2D eigenvalue weighted by Gasteiger charge is -1.99. The Hall–Kier alpha value is -1.37. The lowest BCUT2D eigenvalue weighted by Crippen LogP contribution is -2.00. The molecule has 0 bridgehead atoms. The van der Waals surface area contributed by atoms with E-state index in [2.05, 4.69) is 4.98 Å². The minimum Gasteiger partial charge on any atom is -0.358 e. The van der Waals surface area contributed by atoms with Crippen molar-refractivity contribution in [1.29, 1.82) is 0 Å². The van der Waals surface area contributed by atoms with Gasteiger partial charge in [-0.1, -0.05) is 11.6 Å². The van der Waals surface area contributed by atoms with Gasteiger partial charge in [0.15, 0.2) is 5.82 Å². The van der Waals surface area contributed by atoms with Crippen LogP contribution in [0.1, 0.15) is 12.1 Å². The number of nitro groups is 1. The van der Waals surface area contributed by atoms with Gasteiger partial charge in [-0.25, -0.2) is 13.2 Å². The summed E-state index contributed by atoms with van der Waals surface area (Å²) in [6.07, 6.45) is -3.16. The Labute approximate surface area is 80.5 Å². The molecule has 0 aliphatic carbocycles. The molecule has 0 amide bonds. The van der Waals surface area contributed by atoms with Crippen molar-refractivity contribution < 1.29 is 18.1 Å². The van der Waals surface area contributed by atoms with Gasteiger partial charge in [-0.3, -0.25) is 0 Å². The molecule has 0 aliphatic heterocycles. The molecule has 8 heteroatoms. The zero-order chi connectivity index (χ0) is 10.9. The Balaban J connectivity index is 3.35. The first-order valence-corrected chi connectivity index (χ1v) is 3.59. The topological polar surface area (TPSA) is 56.0 Å². The van der Waals surface area contributed by atoms with Gasteiger partial charge in [0, 0.05) is 0 Å². The number of hydrogen-bond acceptors (Lipinski definition) is 3. The minimum absolute atomic E-state index is 0.383. The molecule has 1 aromatic heterocycles. The molecule has 14 heavy (non-hydrogen) atoms.